The second-order valence-corrected chi connectivity index (χ2v) is 5.78. The number of halogens is 1. The van der Waals surface area contributed by atoms with E-state index in [0.717, 1.165) is 11.1 Å². The Hall–Kier alpha value is -3.22. The number of hydrogen-bond acceptors (Lipinski definition) is 4. The van der Waals surface area contributed by atoms with E-state index in [2.05, 4.69) is 15.4 Å². The van der Waals surface area contributed by atoms with Gasteiger partial charge in [-0.1, -0.05) is 24.3 Å². The van der Waals surface area contributed by atoms with Gasteiger partial charge in [0.1, 0.15) is 24.5 Å². The second kappa shape index (κ2) is 6.35. The Bertz CT molecular complexity index is 890. The molecule has 2 aromatic carbocycles. The number of carbonyl (C=O) groups excluding carboxylic acids is 1. The van der Waals surface area contributed by atoms with Gasteiger partial charge < -0.3 is 4.74 Å². The standard InChI is InChI=1S/C18H15FN4O2/c19-14-5-1-12(2-6-14)10-25-15-7-3-13(4-8-15)16-9-17(24)22-18-20-11-21-23(16)18/h1-8,11,16H,9-10H2,(H,20,21,22,24)/t16-/m1/s1. The minimum Gasteiger partial charge on any atom is -0.489 e. The van der Waals surface area contributed by atoms with Gasteiger partial charge in [-0.15, -0.1) is 0 Å². The van der Waals surface area contributed by atoms with Crippen LogP contribution in [-0.2, 0) is 11.4 Å². The van der Waals surface area contributed by atoms with E-state index in [-0.39, 0.29) is 17.8 Å². The summed E-state index contributed by atoms with van der Waals surface area (Å²) in [6.07, 6.45) is 1.74. The van der Waals surface area contributed by atoms with E-state index in [1.54, 1.807) is 16.8 Å². The maximum absolute atomic E-state index is 12.9. The Morgan fingerprint density at radius 2 is 1.92 bits per heavy atom. The maximum Gasteiger partial charge on any atom is 0.229 e. The number of benzene rings is 2. The molecule has 7 heteroatoms. The van der Waals surface area contributed by atoms with E-state index in [9.17, 15) is 9.18 Å². The van der Waals surface area contributed by atoms with Crippen LogP contribution in [0.5, 0.6) is 5.75 Å². The van der Waals surface area contributed by atoms with Crippen molar-refractivity contribution in [1.29, 1.82) is 0 Å². The van der Waals surface area contributed by atoms with E-state index in [4.69, 9.17) is 4.74 Å². The summed E-state index contributed by atoms with van der Waals surface area (Å²) in [6.45, 7) is 0.360. The smallest absolute Gasteiger partial charge is 0.229 e. The van der Waals surface area contributed by atoms with Gasteiger partial charge in [0.25, 0.3) is 0 Å². The van der Waals surface area contributed by atoms with Gasteiger partial charge in [-0.25, -0.2) is 9.07 Å². The molecule has 25 heavy (non-hydrogen) atoms. The first-order valence-corrected chi connectivity index (χ1v) is 7.85. The summed E-state index contributed by atoms with van der Waals surface area (Å²) in [4.78, 5) is 15.9. The van der Waals surface area contributed by atoms with Gasteiger partial charge in [-0.2, -0.15) is 10.1 Å². The Morgan fingerprint density at radius 3 is 2.68 bits per heavy atom. The second-order valence-electron chi connectivity index (χ2n) is 5.78. The molecule has 0 saturated carbocycles. The van der Waals surface area contributed by atoms with Gasteiger partial charge >= 0.3 is 0 Å². The highest BCUT2D eigenvalue weighted by Gasteiger charge is 2.27. The van der Waals surface area contributed by atoms with E-state index in [0.29, 0.717) is 24.7 Å². The first-order valence-electron chi connectivity index (χ1n) is 7.85. The Balaban J connectivity index is 1.47. The van der Waals surface area contributed by atoms with Gasteiger partial charge in [-0.05, 0) is 35.4 Å². The summed E-state index contributed by atoms with van der Waals surface area (Å²) in [5.74, 6) is 0.810. The molecule has 0 radical (unpaired) electrons. The largest absolute Gasteiger partial charge is 0.489 e. The van der Waals surface area contributed by atoms with Crippen molar-refractivity contribution in [1.82, 2.24) is 14.8 Å². The fraction of sp³-hybridized carbons (Fsp3) is 0.167. The number of carbonyl (C=O) groups is 1. The molecule has 3 aromatic rings. The van der Waals surface area contributed by atoms with Crippen LogP contribution in [0.1, 0.15) is 23.6 Å². The average molecular weight is 338 g/mol. The molecule has 4 rings (SSSR count). The number of nitrogens with zero attached hydrogens (tertiary/aromatic N) is 3. The molecule has 0 saturated heterocycles. The van der Waals surface area contributed by atoms with Crippen LogP contribution in [0.3, 0.4) is 0 Å². The fourth-order valence-electron chi connectivity index (χ4n) is 2.80. The number of hydrogen-bond donors (Lipinski definition) is 1. The lowest BCUT2D eigenvalue weighted by Crippen LogP contribution is -2.29. The van der Waals surface area contributed by atoms with Crippen LogP contribution in [0.25, 0.3) is 0 Å². The molecule has 1 aliphatic heterocycles. The Kier molecular flexibility index (Phi) is 3.89. The molecule has 0 unspecified atom stereocenters. The molecule has 6 nitrogen and oxygen atoms in total. The quantitative estimate of drug-likeness (QED) is 0.794. The molecule has 0 fully saturated rings. The van der Waals surface area contributed by atoms with E-state index in [1.165, 1.54) is 18.5 Å². The van der Waals surface area contributed by atoms with E-state index < -0.39 is 0 Å². The number of fused-ring (bicyclic) bond motifs is 1. The molecular formula is C18H15FN4O2. The third kappa shape index (κ3) is 3.21. The van der Waals surface area contributed by atoms with Crippen molar-refractivity contribution in [2.45, 2.75) is 19.1 Å². The first-order chi connectivity index (χ1) is 12.2. The van der Waals surface area contributed by atoms with E-state index in [1.807, 2.05) is 24.3 Å². The topological polar surface area (TPSA) is 69.0 Å². The lowest BCUT2D eigenvalue weighted by Gasteiger charge is -2.23. The highest BCUT2D eigenvalue weighted by molar-refractivity contribution is 5.91. The summed E-state index contributed by atoms with van der Waals surface area (Å²) in [6, 6.07) is 13.5. The van der Waals surface area contributed by atoms with Gasteiger partial charge in [0.15, 0.2) is 0 Å². The molecule has 1 aliphatic rings. The molecule has 0 bridgehead atoms. The van der Waals surface area contributed by atoms with Crippen LogP contribution >= 0.6 is 0 Å². The van der Waals surface area contributed by atoms with Crippen molar-refractivity contribution in [3.8, 4) is 5.75 Å². The van der Waals surface area contributed by atoms with Crippen molar-refractivity contribution in [3.05, 3.63) is 71.8 Å². The van der Waals surface area contributed by atoms with E-state index >= 15 is 0 Å². The Morgan fingerprint density at radius 1 is 1.16 bits per heavy atom. The molecule has 0 aliphatic carbocycles. The number of rotatable bonds is 4. The van der Waals surface area contributed by atoms with Crippen LogP contribution in [0, 0.1) is 5.82 Å². The highest BCUT2D eigenvalue weighted by Crippen LogP contribution is 2.29. The van der Waals surface area contributed by atoms with Crippen molar-refractivity contribution in [2.75, 3.05) is 5.32 Å². The maximum atomic E-state index is 12.9. The van der Waals surface area contributed by atoms with Crippen LogP contribution in [0.4, 0.5) is 10.3 Å². The zero-order valence-corrected chi connectivity index (χ0v) is 13.2. The van der Waals surface area contributed by atoms with Gasteiger partial charge in [-0.3, -0.25) is 10.1 Å². The van der Waals surface area contributed by atoms with Crippen LogP contribution in [0.2, 0.25) is 0 Å². The first kappa shape index (κ1) is 15.3. The third-order valence-electron chi connectivity index (χ3n) is 4.08. The van der Waals surface area contributed by atoms with Crippen molar-refractivity contribution >= 4 is 11.9 Å². The molecule has 2 heterocycles. The highest BCUT2D eigenvalue weighted by atomic mass is 19.1. The molecule has 126 valence electrons. The minimum absolute atomic E-state index is 0.0814. The zero-order valence-electron chi connectivity index (χ0n) is 13.2. The number of nitrogens with one attached hydrogen (secondary N) is 1. The Labute approximate surface area is 143 Å². The molecule has 1 atom stereocenters. The predicted molar refractivity (Wildman–Crippen MR) is 88.6 cm³/mol. The fourth-order valence-corrected chi connectivity index (χ4v) is 2.80. The van der Waals surface area contributed by atoms with Crippen LogP contribution < -0.4 is 10.1 Å². The molecule has 0 spiro atoms. The van der Waals surface area contributed by atoms with Crippen LogP contribution in [-0.4, -0.2) is 20.7 Å². The molecule has 1 N–H and O–H groups in total. The van der Waals surface area contributed by atoms with Gasteiger partial charge in [0.2, 0.25) is 11.9 Å². The van der Waals surface area contributed by atoms with Crippen molar-refractivity contribution in [2.24, 2.45) is 0 Å². The SMILES string of the molecule is O=C1C[C@H](c2ccc(OCc3ccc(F)cc3)cc2)n2ncnc2N1. The third-order valence-corrected chi connectivity index (χ3v) is 4.08. The summed E-state index contributed by atoms with van der Waals surface area (Å²) < 4.78 is 20.3. The van der Waals surface area contributed by atoms with Crippen molar-refractivity contribution in [3.63, 3.8) is 0 Å². The number of anilines is 1. The predicted octanol–water partition coefficient (Wildman–Crippen LogP) is 2.93. The molecular weight excluding hydrogens is 323 g/mol. The lowest BCUT2D eigenvalue weighted by atomic mass is 10.0. The van der Waals surface area contributed by atoms with Gasteiger partial charge in [0.05, 0.1) is 12.5 Å². The summed E-state index contributed by atoms with van der Waals surface area (Å²) in [7, 11) is 0. The normalized spacial score (nSPS) is 16.2. The zero-order chi connectivity index (χ0) is 17.2. The summed E-state index contributed by atoms with van der Waals surface area (Å²) >= 11 is 0. The number of aromatic nitrogens is 3. The van der Waals surface area contributed by atoms with Crippen molar-refractivity contribution < 1.29 is 13.9 Å². The van der Waals surface area contributed by atoms with Crippen LogP contribution in [0.15, 0.2) is 54.9 Å². The monoisotopic (exact) mass is 338 g/mol. The molecule has 1 aromatic heterocycles. The average Bonchev–Trinajstić information content (AvgIpc) is 3.09. The number of amides is 1. The number of ether oxygens (including phenoxy) is 1. The summed E-state index contributed by atoms with van der Waals surface area (Å²) in [5.41, 5.74) is 1.84. The molecule has 1 amide bonds. The van der Waals surface area contributed by atoms with Gasteiger partial charge in [0, 0.05) is 0 Å². The minimum atomic E-state index is -0.267. The summed E-state index contributed by atoms with van der Waals surface area (Å²) in [5, 5.41) is 6.88. The lowest BCUT2D eigenvalue weighted by molar-refractivity contribution is -0.117.